The van der Waals surface area contributed by atoms with Crippen LogP contribution in [0.2, 0.25) is 0 Å². The van der Waals surface area contributed by atoms with Crippen molar-refractivity contribution in [2.75, 3.05) is 0 Å². The summed E-state index contributed by atoms with van der Waals surface area (Å²) in [6, 6.07) is 13.7. The molecule has 0 unspecified atom stereocenters. The van der Waals surface area contributed by atoms with Crippen LogP contribution in [0.5, 0.6) is 0 Å². The van der Waals surface area contributed by atoms with Gasteiger partial charge in [0.05, 0.1) is 10.6 Å². The van der Waals surface area contributed by atoms with Gasteiger partial charge in [-0.3, -0.25) is 14.6 Å². The van der Waals surface area contributed by atoms with E-state index in [1.807, 2.05) is 24.3 Å². The molecule has 0 aliphatic heterocycles. The molecule has 3 nitrogen and oxygen atoms in total. The van der Waals surface area contributed by atoms with E-state index in [1.165, 1.54) is 13.8 Å². The molecule has 0 fully saturated rings. The summed E-state index contributed by atoms with van der Waals surface area (Å²) < 4.78 is 1.16. The number of fused-ring (bicyclic) bond motifs is 1. The minimum Gasteiger partial charge on any atom is -0.299 e. The molecule has 1 radical (unpaired) electrons. The zero-order chi connectivity index (χ0) is 15.7. The van der Waals surface area contributed by atoms with Crippen LogP contribution in [0.25, 0.3) is 20.7 Å². The topological polar surface area (TPSA) is 47.0 Å². The van der Waals surface area contributed by atoms with E-state index in [2.05, 4.69) is 17.1 Å². The minimum absolute atomic E-state index is 0. The third-order valence-electron chi connectivity index (χ3n) is 3.62. The molecule has 1 aromatic carbocycles. The molecule has 0 saturated carbocycles. The van der Waals surface area contributed by atoms with Gasteiger partial charge in [-0.05, 0) is 43.0 Å². The Morgan fingerprint density at radius 2 is 1.74 bits per heavy atom. The van der Waals surface area contributed by atoms with Crippen LogP contribution >= 0.6 is 11.3 Å². The van der Waals surface area contributed by atoms with Crippen LogP contribution in [0.1, 0.15) is 25.3 Å². The first-order valence-electron chi connectivity index (χ1n) is 7.02. The van der Waals surface area contributed by atoms with E-state index in [0.29, 0.717) is 5.56 Å². The third kappa shape index (κ3) is 3.47. The molecule has 119 valence electrons. The van der Waals surface area contributed by atoms with Crippen LogP contribution in [0.4, 0.5) is 0 Å². The average molecular weight is 502 g/mol. The number of carbonyl (C=O) groups is 2. The number of hydrogen-bond donors (Lipinski definition) is 0. The maximum atomic E-state index is 11.9. The summed E-state index contributed by atoms with van der Waals surface area (Å²) >= 11 is 1.62. The van der Waals surface area contributed by atoms with E-state index in [1.54, 1.807) is 23.6 Å². The molecule has 0 bridgehead atoms. The Hall–Kier alpha value is -1.68. The van der Waals surface area contributed by atoms with Crippen molar-refractivity contribution in [3.8, 4) is 10.6 Å². The molecule has 0 spiro atoms. The van der Waals surface area contributed by atoms with Crippen LogP contribution < -0.4 is 0 Å². The van der Waals surface area contributed by atoms with Gasteiger partial charge < -0.3 is 0 Å². The fourth-order valence-corrected chi connectivity index (χ4v) is 3.76. The van der Waals surface area contributed by atoms with Crippen LogP contribution in [0.15, 0.2) is 48.7 Å². The number of pyridine rings is 1. The van der Waals surface area contributed by atoms with Crippen molar-refractivity contribution in [3.63, 3.8) is 0 Å². The van der Waals surface area contributed by atoms with Gasteiger partial charge in [-0.1, -0.05) is 24.3 Å². The van der Waals surface area contributed by atoms with Crippen LogP contribution in [-0.2, 0) is 29.7 Å². The van der Waals surface area contributed by atoms with E-state index >= 15 is 0 Å². The zero-order valence-corrected chi connectivity index (χ0v) is 15.9. The molecule has 2 aromatic heterocycles. The van der Waals surface area contributed by atoms with Crippen LogP contribution in [-0.4, -0.2) is 16.6 Å². The number of hydrogen-bond acceptors (Lipinski definition) is 4. The van der Waals surface area contributed by atoms with Gasteiger partial charge in [-0.2, -0.15) is 0 Å². The maximum Gasteiger partial charge on any atom is 0.144 e. The van der Waals surface area contributed by atoms with Gasteiger partial charge in [0.15, 0.2) is 0 Å². The van der Waals surface area contributed by atoms with E-state index in [0.717, 1.165) is 20.7 Å². The molecule has 0 amide bonds. The fraction of sp³-hybridized carbons (Fsp3) is 0.167. The molecule has 2 heterocycles. The summed E-state index contributed by atoms with van der Waals surface area (Å²) in [5, 5.41) is 1.14. The quantitative estimate of drug-likeness (QED) is 0.503. The molecular weight excluding hydrogens is 486 g/mol. The van der Waals surface area contributed by atoms with Crippen molar-refractivity contribution in [3.05, 3.63) is 54.2 Å². The number of thiophene rings is 1. The third-order valence-corrected chi connectivity index (χ3v) is 4.74. The summed E-state index contributed by atoms with van der Waals surface area (Å²) in [6.45, 7) is 2.90. The first-order chi connectivity index (χ1) is 10.6. The van der Waals surface area contributed by atoms with Gasteiger partial charge in [-0.15, -0.1) is 11.3 Å². The van der Waals surface area contributed by atoms with Gasteiger partial charge in [0.2, 0.25) is 0 Å². The summed E-state index contributed by atoms with van der Waals surface area (Å²) in [7, 11) is 0. The van der Waals surface area contributed by atoms with Crippen molar-refractivity contribution in [1.29, 1.82) is 0 Å². The largest absolute Gasteiger partial charge is 0.299 e. The minimum atomic E-state index is -0.742. The van der Waals surface area contributed by atoms with Gasteiger partial charge in [0, 0.05) is 31.0 Å². The Kier molecular flexibility index (Phi) is 5.58. The molecule has 0 aliphatic rings. The fourth-order valence-electron chi connectivity index (χ4n) is 2.68. The van der Waals surface area contributed by atoms with E-state index in [4.69, 9.17) is 0 Å². The van der Waals surface area contributed by atoms with Crippen molar-refractivity contribution in [1.82, 2.24) is 4.98 Å². The molecule has 3 aromatic rings. The SMILES string of the molecule is CC(=O)C(C(C)=O)c1cccnc1-c1cc2ccccc2s1.[Ir]. The van der Waals surface area contributed by atoms with Gasteiger partial charge >= 0.3 is 0 Å². The molecule has 0 aliphatic carbocycles. The second kappa shape index (κ2) is 7.26. The van der Waals surface area contributed by atoms with Crippen molar-refractivity contribution >= 4 is 33.0 Å². The average Bonchev–Trinajstić information content (AvgIpc) is 2.90. The second-order valence-electron chi connectivity index (χ2n) is 5.24. The Bertz CT molecular complexity index is 825. The Balaban J connectivity index is 0.00000192. The number of rotatable bonds is 4. The molecule has 3 rings (SSSR count). The van der Waals surface area contributed by atoms with E-state index < -0.39 is 5.92 Å². The standard InChI is InChI=1S/C18H15NO2S.Ir/c1-11(20)17(12(2)21)14-7-5-9-19-18(14)16-10-13-6-3-4-8-15(13)22-16;/h3-10,17H,1-2H3;. The Morgan fingerprint density at radius 3 is 2.39 bits per heavy atom. The maximum absolute atomic E-state index is 11.9. The normalized spacial score (nSPS) is 10.6. The predicted molar refractivity (Wildman–Crippen MR) is 89.2 cm³/mol. The number of aromatic nitrogens is 1. The van der Waals surface area contributed by atoms with E-state index in [-0.39, 0.29) is 31.7 Å². The number of benzene rings is 1. The van der Waals surface area contributed by atoms with Crippen molar-refractivity contribution < 1.29 is 29.7 Å². The van der Waals surface area contributed by atoms with Gasteiger partial charge in [0.25, 0.3) is 0 Å². The summed E-state index contributed by atoms with van der Waals surface area (Å²) in [5.74, 6) is -1.04. The zero-order valence-electron chi connectivity index (χ0n) is 12.7. The van der Waals surface area contributed by atoms with E-state index in [9.17, 15) is 9.59 Å². The predicted octanol–water partition coefficient (Wildman–Crippen LogP) is 4.22. The molecular formula is C18H15IrNO2S. The molecule has 23 heavy (non-hydrogen) atoms. The molecule has 5 heteroatoms. The molecule has 0 saturated heterocycles. The van der Waals surface area contributed by atoms with Crippen molar-refractivity contribution in [2.45, 2.75) is 19.8 Å². The molecule has 0 N–H and O–H groups in total. The van der Waals surface area contributed by atoms with Crippen LogP contribution in [0.3, 0.4) is 0 Å². The smallest absolute Gasteiger partial charge is 0.144 e. The summed E-state index contributed by atoms with van der Waals surface area (Å²) in [4.78, 5) is 29.2. The number of nitrogens with zero attached hydrogens (tertiary/aromatic N) is 1. The second-order valence-corrected chi connectivity index (χ2v) is 6.33. The first-order valence-corrected chi connectivity index (χ1v) is 7.84. The Labute approximate surface area is 152 Å². The number of Topliss-reactive ketones (excluding diaryl/α,β-unsaturated/α-hetero) is 2. The number of ketones is 2. The Morgan fingerprint density at radius 1 is 1.04 bits per heavy atom. The van der Waals surface area contributed by atoms with Gasteiger partial charge in [-0.25, -0.2) is 0 Å². The number of carbonyl (C=O) groups excluding carboxylic acids is 2. The molecule has 0 atom stereocenters. The van der Waals surface area contributed by atoms with Gasteiger partial charge in [0.1, 0.15) is 17.5 Å². The summed E-state index contributed by atoms with van der Waals surface area (Å²) in [5.41, 5.74) is 1.41. The van der Waals surface area contributed by atoms with Crippen molar-refractivity contribution in [2.24, 2.45) is 0 Å². The monoisotopic (exact) mass is 502 g/mol. The summed E-state index contributed by atoms with van der Waals surface area (Å²) in [6.07, 6.45) is 1.69. The van der Waals surface area contributed by atoms with Crippen LogP contribution in [0, 0.1) is 0 Å². The first kappa shape index (κ1) is 17.7.